The molecule has 0 unspecified atom stereocenters. The lowest BCUT2D eigenvalue weighted by Crippen LogP contribution is -1.85. The van der Waals surface area contributed by atoms with E-state index < -0.39 is 0 Å². The zero-order valence-electron chi connectivity index (χ0n) is 11.8. The highest BCUT2D eigenvalue weighted by Gasteiger charge is 2.03. The van der Waals surface area contributed by atoms with E-state index in [1.165, 1.54) is 22.3 Å². The Morgan fingerprint density at radius 1 is 0.800 bits per heavy atom. The summed E-state index contributed by atoms with van der Waals surface area (Å²) in [6.45, 7) is 7.66. The molecule has 0 saturated heterocycles. The lowest BCUT2D eigenvalue weighted by Gasteiger charge is -2.08. The molecule has 0 spiro atoms. The largest absolute Gasteiger partial charge is 0.103 e. The summed E-state index contributed by atoms with van der Waals surface area (Å²) in [6.07, 6.45) is 7.94. The van der Waals surface area contributed by atoms with Crippen molar-refractivity contribution in [3.63, 3.8) is 0 Å². The van der Waals surface area contributed by atoms with E-state index >= 15 is 0 Å². The second-order valence-corrected chi connectivity index (χ2v) is 4.74. The summed E-state index contributed by atoms with van der Waals surface area (Å²) in [5.41, 5.74) is 5.09. The van der Waals surface area contributed by atoms with Gasteiger partial charge in [0, 0.05) is 0 Å². The average molecular weight is 260 g/mol. The minimum Gasteiger partial charge on any atom is -0.103 e. The van der Waals surface area contributed by atoms with Crippen LogP contribution in [0, 0.1) is 0 Å². The molecule has 0 radical (unpaired) electrons. The molecule has 0 heteroatoms. The summed E-state index contributed by atoms with van der Waals surface area (Å²) < 4.78 is 0. The molecule has 0 aromatic heterocycles. The molecule has 100 valence electrons. The van der Waals surface area contributed by atoms with Gasteiger partial charge >= 0.3 is 0 Å². The van der Waals surface area contributed by atoms with Crippen molar-refractivity contribution in [1.29, 1.82) is 0 Å². The lowest BCUT2D eigenvalue weighted by molar-refractivity contribution is 1.13. The second kappa shape index (κ2) is 7.30. The highest BCUT2D eigenvalue weighted by Crippen LogP contribution is 2.26. The lowest BCUT2D eigenvalue weighted by atomic mass is 9.96. The Bertz CT molecular complexity index is 591. The maximum absolute atomic E-state index is 3.83. The summed E-state index contributed by atoms with van der Waals surface area (Å²) in [5, 5.41) is 0. The Morgan fingerprint density at radius 3 is 2.05 bits per heavy atom. The van der Waals surface area contributed by atoms with Crippen LogP contribution in [0.3, 0.4) is 0 Å². The van der Waals surface area contributed by atoms with Crippen LogP contribution in [-0.2, 0) is 0 Å². The van der Waals surface area contributed by atoms with Gasteiger partial charge in [0.2, 0.25) is 0 Å². The van der Waals surface area contributed by atoms with Gasteiger partial charge in [0.1, 0.15) is 0 Å². The minimum absolute atomic E-state index is 0.898. The van der Waals surface area contributed by atoms with E-state index in [2.05, 4.69) is 67.8 Å². The van der Waals surface area contributed by atoms with Gasteiger partial charge in [-0.3, -0.25) is 0 Å². The maximum Gasteiger partial charge on any atom is -0.0111 e. The normalized spacial score (nSPS) is 9.80. The van der Waals surface area contributed by atoms with Gasteiger partial charge in [0.15, 0.2) is 0 Å². The van der Waals surface area contributed by atoms with Crippen LogP contribution in [-0.4, -0.2) is 0 Å². The molecule has 20 heavy (non-hydrogen) atoms. The van der Waals surface area contributed by atoms with Crippen molar-refractivity contribution in [3.05, 3.63) is 91.0 Å². The van der Waals surface area contributed by atoms with Crippen molar-refractivity contribution in [3.8, 4) is 11.1 Å². The van der Waals surface area contributed by atoms with E-state index in [4.69, 9.17) is 0 Å². The highest BCUT2D eigenvalue weighted by molar-refractivity contribution is 5.76. The third kappa shape index (κ3) is 3.58. The third-order valence-electron chi connectivity index (χ3n) is 3.22. The Balaban J connectivity index is 2.44. The Hall–Kier alpha value is -2.34. The number of rotatable bonds is 6. The maximum atomic E-state index is 3.83. The molecule has 0 saturated carbocycles. The molecule has 0 aliphatic heterocycles. The van der Waals surface area contributed by atoms with Crippen molar-refractivity contribution in [2.75, 3.05) is 0 Å². The van der Waals surface area contributed by atoms with Gasteiger partial charge < -0.3 is 0 Å². The second-order valence-electron chi connectivity index (χ2n) is 4.74. The van der Waals surface area contributed by atoms with Gasteiger partial charge in [-0.15, -0.1) is 13.2 Å². The molecular weight excluding hydrogens is 240 g/mol. The summed E-state index contributed by atoms with van der Waals surface area (Å²) >= 11 is 0. The van der Waals surface area contributed by atoms with E-state index in [9.17, 15) is 0 Å². The number of hydrogen-bond acceptors (Lipinski definition) is 0. The predicted octanol–water partition coefficient (Wildman–Crippen LogP) is 5.89. The van der Waals surface area contributed by atoms with Crippen LogP contribution in [0.4, 0.5) is 0 Å². The molecule has 0 atom stereocenters. The quantitative estimate of drug-likeness (QED) is 0.568. The number of allylic oxidation sites excluding steroid dienone is 3. The van der Waals surface area contributed by atoms with Crippen LogP contribution in [0.15, 0.2) is 85.5 Å². The standard InChI is InChI=1S/C20H20/c1-3-10-17(11-4-2)16-19-14-8-9-15-20(19)18-12-6-5-7-13-18/h3-9,12-16H,1-2,10-11H2. The highest BCUT2D eigenvalue weighted by atomic mass is 14.1. The van der Waals surface area contributed by atoms with Gasteiger partial charge in [0.25, 0.3) is 0 Å². The zero-order valence-corrected chi connectivity index (χ0v) is 11.8. The topological polar surface area (TPSA) is 0 Å². The van der Waals surface area contributed by atoms with Gasteiger partial charge in [-0.2, -0.15) is 0 Å². The van der Waals surface area contributed by atoms with Gasteiger partial charge in [-0.05, 0) is 29.5 Å². The fourth-order valence-electron chi connectivity index (χ4n) is 2.30. The first-order valence-corrected chi connectivity index (χ1v) is 6.91. The van der Waals surface area contributed by atoms with Crippen molar-refractivity contribution in [2.45, 2.75) is 12.8 Å². The first-order valence-electron chi connectivity index (χ1n) is 6.91. The molecule has 0 aliphatic carbocycles. The van der Waals surface area contributed by atoms with Crippen LogP contribution < -0.4 is 0 Å². The summed E-state index contributed by atoms with van der Waals surface area (Å²) in [6, 6.07) is 19.0. The molecule has 2 rings (SSSR count). The van der Waals surface area contributed by atoms with Crippen molar-refractivity contribution in [1.82, 2.24) is 0 Å². The SMILES string of the molecule is C=CCC(=Cc1ccccc1-c1ccccc1)CC=C. The monoisotopic (exact) mass is 260 g/mol. The summed E-state index contributed by atoms with van der Waals surface area (Å²) in [4.78, 5) is 0. The van der Waals surface area contributed by atoms with Gasteiger partial charge in [-0.1, -0.05) is 78.4 Å². The molecular formula is C20H20. The van der Waals surface area contributed by atoms with E-state index in [0.717, 1.165) is 12.8 Å². The molecule has 0 amide bonds. The van der Waals surface area contributed by atoms with E-state index in [-0.39, 0.29) is 0 Å². The molecule has 2 aromatic rings. The summed E-state index contributed by atoms with van der Waals surface area (Å²) in [7, 11) is 0. The molecule has 0 aliphatic rings. The zero-order chi connectivity index (χ0) is 14.2. The van der Waals surface area contributed by atoms with Crippen LogP contribution in [0.1, 0.15) is 18.4 Å². The van der Waals surface area contributed by atoms with Crippen LogP contribution >= 0.6 is 0 Å². The van der Waals surface area contributed by atoms with Gasteiger partial charge in [0.05, 0.1) is 0 Å². The average Bonchev–Trinajstić information content (AvgIpc) is 2.49. The smallest absolute Gasteiger partial charge is 0.0111 e. The summed E-state index contributed by atoms with van der Waals surface area (Å²) in [5.74, 6) is 0. The third-order valence-corrected chi connectivity index (χ3v) is 3.22. The molecule has 0 bridgehead atoms. The first-order chi connectivity index (χ1) is 9.85. The predicted molar refractivity (Wildman–Crippen MR) is 89.5 cm³/mol. The molecule has 0 N–H and O–H groups in total. The Morgan fingerprint density at radius 2 is 1.40 bits per heavy atom. The fourth-order valence-corrected chi connectivity index (χ4v) is 2.30. The first kappa shape index (κ1) is 14.1. The molecule has 2 aromatic carbocycles. The van der Waals surface area contributed by atoms with Crippen molar-refractivity contribution in [2.24, 2.45) is 0 Å². The van der Waals surface area contributed by atoms with Crippen molar-refractivity contribution >= 4 is 6.08 Å². The number of benzene rings is 2. The molecule has 0 heterocycles. The Labute approximate surface area is 121 Å². The minimum atomic E-state index is 0.898. The Kier molecular flexibility index (Phi) is 5.14. The van der Waals surface area contributed by atoms with E-state index in [1.807, 2.05) is 18.2 Å². The van der Waals surface area contributed by atoms with Crippen LogP contribution in [0.5, 0.6) is 0 Å². The van der Waals surface area contributed by atoms with Gasteiger partial charge in [-0.25, -0.2) is 0 Å². The van der Waals surface area contributed by atoms with E-state index in [0.29, 0.717) is 0 Å². The van der Waals surface area contributed by atoms with Crippen LogP contribution in [0.25, 0.3) is 17.2 Å². The van der Waals surface area contributed by atoms with Crippen molar-refractivity contribution < 1.29 is 0 Å². The number of hydrogen-bond donors (Lipinski definition) is 0. The molecule has 0 fully saturated rings. The molecule has 0 nitrogen and oxygen atoms in total. The fraction of sp³-hybridized carbons (Fsp3) is 0.100. The van der Waals surface area contributed by atoms with E-state index in [1.54, 1.807) is 0 Å². The van der Waals surface area contributed by atoms with Crippen LogP contribution in [0.2, 0.25) is 0 Å².